The van der Waals surface area contributed by atoms with Gasteiger partial charge in [-0.3, -0.25) is 0 Å². The second kappa shape index (κ2) is 6.04. The number of urea groups is 1. The van der Waals surface area contributed by atoms with Crippen LogP contribution < -0.4 is 5.32 Å². The number of likely N-dealkylation sites (tertiary alicyclic amines) is 1. The van der Waals surface area contributed by atoms with E-state index in [1.165, 1.54) is 6.92 Å². The molecule has 0 aromatic rings. The molecule has 6 heteroatoms. The Kier molecular flexibility index (Phi) is 4.95. The third-order valence-electron chi connectivity index (χ3n) is 3.36. The molecule has 0 saturated carbocycles. The first-order valence-corrected chi connectivity index (χ1v) is 6.32. The third-order valence-corrected chi connectivity index (χ3v) is 3.36. The summed E-state index contributed by atoms with van der Waals surface area (Å²) in [4.78, 5) is 24.6. The zero-order chi connectivity index (χ0) is 13.9. The maximum absolute atomic E-state index is 12.0. The van der Waals surface area contributed by atoms with Crippen LogP contribution >= 0.6 is 0 Å². The van der Waals surface area contributed by atoms with Crippen LogP contribution in [0.15, 0.2) is 0 Å². The average Bonchev–Trinajstić information content (AvgIpc) is 2.73. The highest BCUT2D eigenvalue weighted by Crippen LogP contribution is 2.23. The van der Waals surface area contributed by atoms with Gasteiger partial charge in [0.1, 0.15) is 0 Å². The number of carboxylic acids is 1. The first kappa shape index (κ1) is 14.8. The van der Waals surface area contributed by atoms with E-state index in [2.05, 4.69) is 5.32 Å². The number of carboxylic acid groups (broad SMARTS) is 1. The minimum Gasteiger partial charge on any atom is -0.480 e. The van der Waals surface area contributed by atoms with Gasteiger partial charge < -0.3 is 20.4 Å². The Morgan fingerprint density at radius 3 is 2.39 bits per heavy atom. The minimum atomic E-state index is -1.26. The monoisotopic (exact) mass is 258 g/mol. The molecule has 6 nitrogen and oxygen atoms in total. The van der Waals surface area contributed by atoms with Gasteiger partial charge in [0, 0.05) is 12.6 Å². The number of aliphatic carboxylic acids is 1. The van der Waals surface area contributed by atoms with Crippen LogP contribution in [0, 0.1) is 5.92 Å². The molecule has 0 spiro atoms. The molecule has 1 aliphatic heterocycles. The molecule has 1 rings (SSSR count). The Balaban J connectivity index is 2.66. The van der Waals surface area contributed by atoms with Crippen LogP contribution in [0.1, 0.15) is 33.6 Å². The topological polar surface area (TPSA) is 89.9 Å². The van der Waals surface area contributed by atoms with Gasteiger partial charge >= 0.3 is 12.0 Å². The van der Waals surface area contributed by atoms with Gasteiger partial charge in [-0.15, -0.1) is 0 Å². The molecular formula is C12H22N2O4. The Morgan fingerprint density at radius 1 is 1.33 bits per heavy atom. The van der Waals surface area contributed by atoms with Crippen LogP contribution in [0.2, 0.25) is 0 Å². The highest BCUT2D eigenvalue weighted by molar-refractivity contribution is 5.83. The van der Waals surface area contributed by atoms with Gasteiger partial charge in [0.15, 0.2) is 6.04 Å². The largest absolute Gasteiger partial charge is 0.480 e. The van der Waals surface area contributed by atoms with E-state index in [1.54, 1.807) is 4.90 Å². The molecule has 3 N–H and O–H groups in total. The van der Waals surface area contributed by atoms with E-state index in [-0.39, 0.29) is 6.04 Å². The van der Waals surface area contributed by atoms with Crippen molar-refractivity contribution in [3.63, 3.8) is 0 Å². The first-order valence-electron chi connectivity index (χ1n) is 6.32. The smallest absolute Gasteiger partial charge is 0.328 e. The molecule has 2 amide bonds. The fraction of sp³-hybridized carbons (Fsp3) is 0.833. The summed E-state index contributed by atoms with van der Waals surface area (Å²) >= 11 is 0. The fourth-order valence-corrected chi connectivity index (χ4v) is 2.34. The van der Waals surface area contributed by atoms with Crippen molar-refractivity contribution in [1.29, 1.82) is 0 Å². The zero-order valence-corrected chi connectivity index (χ0v) is 11.1. The molecule has 1 fully saturated rings. The highest BCUT2D eigenvalue weighted by atomic mass is 16.4. The van der Waals surface area contributed by atoms with Crippen molar-refractivity contribution in [1.82, 2.24) is 10.2 Å². The number of carbonyl (C=O) groups excluding carboxylic acids is 1. The molecule has 3 atom stereocenters. The van der Waals surface area contributed by atoms with E-state index < -0.39 is 24.1 Å². The number of hydrogen-bond donors (Lipinski definition) is 3. The average molecular weight is 258 g/mol. The van der Waals surface area contributed by atoms with E-state index in [0.29, 0.717) is 12.5 Å². The molecule has 1 heterocycles. The van der Waals surface area contributed by atoms with Crippen molar-refractivity contribution in [3.8, 4) is 0 Å². The van der Waals surface area contributed by atoms with Crippen molar-refractivity contribution in [2.75, 3.05) is 6.54 Å². The second-order valence-electron chi connectivity index (χ2n) is 5.15. The Morgan fingerprint density at radius 2 is 1.94 bits per heavy atom. The SMILES string of the molecule is CC(C)C1CCCN1C(=O)NC(C(=O)O)C(C)O. The molecule has 104 valence electrons. The molecule has 3 unspecified atom stereocenters. The maximum atomic E-state index is 12.0. The van der Waals surface area contributed by atoms with Crippen LogP contribution in [0.4, 0.5) is 4.79 Å². The number of carbonyl (C=O) groups is 2. The fourth-order valence-electron chi connectivity index (χ4n) is 2.34. The lowest BCUT2D eigenvalue weighted by molar-refractivity contribution is -0.141. The lowest BCUT2D eigenvalue weighted by atomic mass is 10.0. The first-order chi connectivity index (χ1) is 8.34. The maximum Gasteiger partial charge on any atom is 0.328 e. The van der Waals surface area contributed by atoms with Gasteiger partial charge in [-0.2, -0.15) is 0 Å². The predicted molar refractivity (Wildman–Crippen MR) is 66.2 cm³/mol. The summed E-state index contributed by atoms with van der Waals surface area (Å²) in [5, 5.41) is 20.6. The summed E-state index contributed by atoms with van der Waals surface area (Å²) in [7, 11) is 0. The summed E-state index contributed by atoms with van der Waals surface area (Å²) in [5.41, 5.74) is 0. The molecule has 0 aromatic carbocycles. The summed E-state index contributed by atoms with van der Waals surface area (Å²) in [6, 6.07) is -1.51. The van der Waals surface area contributed by atoms with Crippen molar-refractivity contribution < 1.29 is 19.8 Å². The number of aliphatic hydroxyl groups is 1. The standard InChI is InChI=1S/C12H22N2O4/c1-7(2)9-5-4-6-14(9)12(18)13-10(8(3)15)11(16)17/h7-10,15H,4-6H2,1-3H3,(H,13,18)(H,16,17). The second-order valence-corrected chi connectivity index (χ2v) is 5.15. The van der Waals surface area contributed by atoms with Crippen molar-refractivity contribution in [3.05, 3.63) is 0 Å². The summed E-state index contributed by atoms with van der Waals surface area (Å²) in [6.45, 7) is 6.07. The van der Waals surface area contributed by atoms with Crippen LogP contribution in [-0.4, -0.2) is 51.8 Å². The van der Waals surface area contributed by atoms with Gasteiger partial charge in [-0.25, -0.2) is 9.59 Å². The third kappa shape index (κ3) is 3.35. The van der Waals surface area contributed by atoms with Crippen molar-refractivity contribution >= 4 is 12.0 Å². The summed E-state index contributed by atoms with van der Waals surface area (Å²) in [6.07, 6.45) is 0.756. The Bertz CT molecular complexity index is 317. The van der Waals surface area contributed by atoms with E-state index in [0.717, 1.165) is 12.8 Å². The molecule has 0 aliphatic carbocycles. The van der Waals surface area contributed by atoms with Crippen LogP contribution in [0.25, 0.3) is 0 Å². The van der Waals surface area contributed by atoms with Gasteiger partial charge in [0.05, 0.1) is 6.10 Å². The van der Waals surface area contributed by atoms with Crippen LogP contribution in [-0.2, 0) is 4.79 Å². The van der Waals surface area contributed by atoms with E-state index in [4.69, 9.17) is 5.11 Å². The number of rotatable bonds is 4. The van der Waals surface area contributed by atoms with E-state index in [1.807, 2.05) is 13.8 Å². The van der Waals surface area contributed by atoms with Gasteiger partial charge in [-0.1, -0.05) is 13.8 Å². The zero-order valence-electron chi connectivity index (χ0n) is 11.1. The van der Waals surface area contributed by atoms with Crippen LogP contribution in [0.3, 0.4) is 0 Å². The molecular weight excluding hydrogens is 236 g/mol. The van der Waals surface area contributed by atoms with Gasteiger partial charge in [-0.05, 0) is 25.7 Å². The van der Waals surface area contributed by atoms with Gasteiger partial charge in [0.25, 0.3) is 0 Å². The lowest BCUT2D eigenvalue weighted by Crippen LogP contribution is -2.53. The number of aliphatic hydroxyl groups excluding tert-OH is 1. The number of nitrogens with zero attached hydrogens (tertiary/aromatic N) is 1. The van der Waals surface area contributed by atoms with Gasteiger partial charge in [0.2, 0.25) is 0 Å². The molecule has 18 heavy (non-hydrogen) atoms. The van der Waals surface area contributed by atoms with Crippen LogP contribution in [0.5, 0.6) is 0 Å². The Hall–Kier alpha value is -1.30. The quantitative estimate of drug-likeness (QED) is 0.690. The minimum absolute atomic E-state index is 0.147. The summed E-state index contributed by atoms with van der Waals surface area (Å²) in [5.74, 6) is -0.883. The van der Waals surface area contributed by atoms with Crippen molar-refractivity contribution in [2.45, 2.75) is 51.8 Å². The number of nitrogens with one attached hydrogen (secondary N) is 1. The number of amides is 2. The van der Waals surface area contributed by atoms with E-state index in [9.17, 15) is 14.7 Å². The molecule has 1 aliphatic rings. The predicted octanol–water partition coefficient (Wildman–Crippen LogP) is 0.650. The molecule has 0 aromatic heterocycles. The normalized spacial score (nSPS) is 22.9. The number of hydrogen-bond acceptors (Lipinski definition) is 3. The molecule has 0 bridgehead atoms. The highest BCUT2D eigenvalue weighted by Gasteiger charge is 2.34. The molecule has 0 radical (unpaired) electrons. The summed E-state index contributed by atoms with van der Waals surface area (Å²) < 4.78 is 0. The van der Waals surface area contributed by atoms with E-state index >= 15 is 0 Å². The lowest BCUT2D eigenvalue weighted by Gasteiger charge is -2.29. The Labute approximate surface area is 107 Å². The van der Waals surface area contributed by atoms with Crippen molar-refractivity contribution in [2.24, 2.45) is 5.92 Å². The molecule has 1 saturated heterocycles.